The zero-order chi connectivity index (χ0) is 13.1. The van der Waals surface area contributed by atoms with Crippen LogP contribution in [0.3, 0.4) is 0 Å². The molecule has 0 atom stereocenters. The lowest BCUT2D eigenvalue weighted by molar-refractivity contribution is -0.125. The Bertz CT molecular complexity index is 315. The van der Waals surface area contributed by atoms with Crippen LogP contribution in [-0.4, -0.2) is 54.3 Å². The normalized spacial score (nSPS) is 10.5. The van der Waals surface area contributed by atoms with Gasteiger partial charge in [-0.1, -0.05) is 5.21 Å². The van der Waals surface area contributed by atoms with E-state index in [0.29, 0.717) is 6.61 Å². The summed E-state index contributed by atoms with van der Waals surface area (Å²) in [5, 5.41) is 13.4. The van der Waals surface area contributed by atoms with Gasteiger partial charge in [-0.3, -0.25) is 9.48 Å². The topological polar surface area (TPSA) is 81.1 Å². The number of rotatable bonds is 10. The molecule has 1 amide bonds. The zero-order valence-electron chi connectivity index (χ0n) is 10.8. The first kappa shape index (κ1) is 14.6. The summed E-state index contributed by atoms with van der Waals surface area (Å²) in [5.74, 6) is -0.0824. The average Bonchev–Trinajstić information content (AvgIpc) is 2.89. The Hall–Kier alpha value is -1.47. The molecule has 102 valence electrons. The van der Waals surface area contributed by atoms with Crippen LogP contribution in [0, 0.1) is 0 Å². The first-order valence-corrected chi connectivity index (χ1v) is 6.16. The minimum Gasteiger partial charge on any atom is -0.372 e. The molecule has 1 aromatic heterocycles. The fraction of sp³-hybridized carbons (Fsp3) is 0.727. The maximum Gasteiger partial charge on any atom is 0.245 e. The number of aromatic nitrogens is 3. The summed E-state index contributed by atoms with van der Waals surface area (Å²) in [4.78, 5) is 10.8. The van der Waals surface area contributed by atoms with Gasteiger partial charge in [-0.15, -0.1) is 5.10 Å². The molecule has 1 rings (SSSR count). The summed E-state index contributed by atoms with van der Waals surface area (Å²) in [6, 6.07) is 0. The first-order chi connectivity index (χ1) is 8.83. The molecular weight excluding hydrogens is 234 g/mol. The minimum absolute atomic E-state index is 0.0824. The van der Waals surface area contributed by atoms with Gasteiger partial charge < -0.3 is 15.4 Å². The summed E-state index contributed by atoms with van der Waals surface area (Å²) in [6.45, 7) is 3.42. The molecule has 0 radical (unpaired) electrons. The fourth-order valence-electron chi connectivity index (χ4n) is 1.36. The lowest BCUT2D eigenvalue weighted by Crippen LogP contribution is -2.24. The molecule has 0 aliphatic rings. The Balaban J connectivity index is 1.80. The molecule has 0 aliphatic heterocycles. The van der Waals surface area contributed by atoms with E-state index in [1.165, 1.54) is 0 Å². The molecule has 0 aliphatic carbocycles. The predicted octanol–water partition coefficient (Wildman–Crippen LogP) is -0.589. The third kappa shape index (κ3) is 6.97. The van der Waals surface area contributed by atoms with Gasteiger partial charge in [0.05, 0.1) is 12.7 Å². The third-order valence-electron chi connectivity index (χ3n) is 2.39. The second kappa shape index (κ2) is 9.55. The molecule has 0 spiro atoms. The van der Waals surface area contributed by atoms with Crippen LogP contribution >= 0.6 is 0 Å². The third-order valence-corrected chi connectivity index (χ3v) is 2.39. The van der Waals surface area contributed by atoms with Gasteiger partial charge >= 0.3 is 0 Å². The lowest BCUT2D eigenvalue weighted by atomic mass is 10.3. The second-order valence-corrected chi connectivity index (χ2v) is 3.85. The molecule has 0 saturated carbocycles. The molecule has 1 aromatic rings. The lowest BCUT2D eigenvalue weighted by Gasteiger charge is -2.05. The number of unbranched alkanes of at least 4 members (excludes halogenated alkanes) is 1. The van der Waals surface area contributed by atoms with Gasteiger partial charge in [0.2, 0.25) is 5.91 Å². The Morgan fingerprint density at radius 1 is 1.39 bits per heavy atom. The van der Waals surface area contributed by atoms with E-state index in [0.717, 1.165) is 32.5 Å². The second-order valence-electron chi connectivity index (χ2n) is 3.85. The molecule has 0 unspecified atom stereocenters. The Morgan fingerprint density at radius 2 is 2.28 bits per heavy atom. The van der Waals surface area contributed by atoms with Crippen LogP contribution in [0.25, 0.3) is 0 Å². The molecular formula is C11H21N5O2. The van der Waals surface area contributed by atoms with Gasteiger partial charge in [0, 0.05) is 26.4 Å². The molecule has 1 heterocycles. The van der Waals surface area contributed by atoms with E-state index in [2.05, 4.69) is 20.9 Å². The number of nitrogens with one attached hydrogen (secondary N) is 2. The van der Waals surface area contributed by atoms with Gasteiger partial charge in [-0.25, -0.2) is 0 Å². The van der Waals surface area contributed by atoms with E-state index in [9.17, 15) is 4.79 Å². The van der Waals surface area contributed by atoms with Crippen molar-refractivity contribution in [1.82, 2.24) is 25.6 Å². The first-order valence-electron chi connectivity index (χ1n) is 6.16. The summed E-state index contributed by atoms with van der Waals surface area (Å²) >= 11 is 0. The number of nitrogens with zero attached hydrogens (tertiary/aromatic N) is 3. The van der Waals surface area contributed by atoms with Crippen LogP contribution in [0.15, 0.2) is 12.4 Å². The Labute approximate surface area is 107 Å². The maximum absolute atomic E-state index is 10.8. The van der Waals surface area contributed by atoms with Crippen LogP contribution in [0.5, 0.6) is 0 Å². The SMILES string of the molecule is CNC(=O)COCCCCNCCn1ccnn1. The van der Waals surface area contributed by atoms with E-state index in [1.807, 2.05) is 6.20 Å². The average molecular weight is 255 g/mol. The van der Waals surface area contributed by atoms with Crippen molar-refractivity contribution in [2.75, 3.05) is 33.4 Å². The summed E-state index contributed by atoms with van der Waals surface area (Å²) < 4.78 is 6.98. The summed E-state index contributed by atoms with van der Waals surface area (Å²) in [7, 11) is 1.60. The maximum atomic E-state index is 10.8. The fourth-order valence-corrected chi connectivity index (χ4v) is 1.36. The van der Waals surface area contributed by atoms with Crippen molar-refractivity contribution in [3.05, 3.63) is 12.4 Å². The minimum atomic E-state index is -0.0824. The van der Waals surface area contributed by atoms with Crippen molar-refractivity contribution in [2.24, 2.45) is 0 Å². The highest BCUT2D eigenvalue weighted by Gasteiger charge is 1.96. The van der Waals surface area contributed by atoms with Crippen molar-refractivity contribution in [1.29, 1.82) is 0 Å². The molecule has 0 saturated heterocycles. The van der Waals surface area contributed by atoms with E-state index in [1.54, 1.807) is 17.9 Å². The van der Waals surface area contributed by atoms with Crippen LogP contribution in [-0.2, 0) is 16.1 Å². The number of carbonyl (C=O) groups excluding carboxylic acids is 1. The van der Waals surface area contributed by atoms with Crippen molar-refractivity contribution >= 4 is 5.91 Å². The highest BCUT2D eigenvalue weighted by molar-refractivity contribution is 5.76. The van der Waals surface area contributed by atoms with E-state index in [-0.39, 0.29) is 12.5 Å². The van der Waals surface area contributed by atoms with Gasteiger partial charge in [-0.2, -0.15) is 0 Å². The number of amides is 1. The van der Waals surface area contributed by atoms with Crippen molar-refractivity contribution in [3.63, 3.8) is 0 Å². The zero-order valence-corrected chi connectivity index (χ0v) is 10.8. The van der Waals surface area contributed by atoms with Gasteiger partial charge in [0.25, 0.3) is 0 Å². The molecule has 7 nitrogen and oxygen atoms in total. The quantitative estimate of drug-likeness (QED) is 0.546. The van der Waals surface area contributed by atoms with Gasteiger partial charge in [0.1, 0.15) is 6.61 Å². The van der Waals surface area contributed by atoms with Crippen LogP contribution in [0.4, 0.5) is 0 Å². The van der Waals surface area contributed by atoms with Gasteiger partial charge in [-0.05, 0) is 19.4 Å². The number of carbonyl (C=O) groups is 1. The molecule has 0 bridgehead atoms. The van der Waals surface area contributed by atoms with Crippen molar-refractivity contribution in [2.45, 2.75) is 19.4 Å². The molecule has 7 heteroatoms. The molecule has 18 heavy (non-hydrogen) atoms. The van der Waals surface area contributed by atoms with E-state index < -0.39 is 0 Å². The Morgan fingerprint density at radius 3 is 3.00 bits per heavy atom. The number of hydrogen-bond donors (Lipinski definition) is 2. The van der Waals surface area contributed by atoms with Crippen molar-refractivity contribution < 1.29 is 9.53 Å². The number of ether oxygens (including phenoxy) is 1. The van der Waals surface area contributed by atoms with Crippen LogP contribution in [0.2, 0.25) is 0 Å². The largest absolute Gasteiger partial charge is 0.372 e. The smallest absolute Gasteiger partial charge is 0.245 e. The molecule has 0 aromatic carbocycles. The molecule has 2 N–H and O–H groups in total. The highest BCUT2D eigenvalue weighted by atomic mass is 16.5. The number of hydrogen-bond acceptors (Lipinski definition) is 5. The monoisotopic (exact) mass is 255 g/mol. The van der Waals surface area contributed by atoms with Gasteiger partial charge in [0.15, 0.2) is 0 Å². The Kier molecular flexibility index (Phi) is 7.74. The van der Waals surface area contributed by atoms with E-state index >= 15 is 0 Å². The van der Waals surface area contributed by atoms with Crippen LogP contribution in [0.1, 0.15) is 12.8 Å². The summed E-state index contributed by atoms with van der Waals surface area (Å²) in [5.41, 5.74) is 0. The van der Waals surface area contributed by atoms with Crippen LogP contribution < -0.4 is 10.6 Å². The highest BCUT2D eigenvalue weighted by Crippen LogP contribution is 1.89. The standard InChI is InChI=1S/C11H21N5O2/c1-12-11(17)10-18-9-3-2-4-13-5-7-16-8-6-14-15-16/h6,8,13H,2-5,7,9-10H2,1H3,(H,12,17). The summed E-state index contributed by atoms with van der Waals surface area (Å²) in [6.07, 6.45) is 5.50. The van der Waals surface area contributed by atoms with E-state index in [4.69, 9.17) is 4.74 Å². The number of likely N-dealkylation sites (N-methyl/N-ethyl adjacent to an activating group) is 1. The van der Waals surface area contributed by atoms with Crippen molar-refractivity contribution in [3.8, 4) is 0 Å². The molecule has 0 fully saturated rings. The predicted molar refractivity (Wildman–Crippen MR) is 67.0 cm³/mol.